The zero-order valence-electron chi connectivity index (χ0n) is 13.0. The van der Waals surface area contributed by atoms with E-state index in [2.05, 4.69) is 24.1 Å². The number of aryl methyl sites for hydroxylation is 2. The van der Waals surface area contributed by atoms with Crippen molar-refractivity contribution in [3.8, 4) is 0 Å². The summed E-state index contributed by atoms with van der Waals surface area (Å²) in [5.74, 6) is 0.180. The van der Waals surface area contributed by atoms with E-state index in [0.29, 0.717) is 5.13 Å². The fraction of sp³-hybridized carbons (Fsp3) is 0.412. The predicted octanol–water partition coefficient (Wildman–Crippen LogP) is 4.53. The first-order valence-electron chi connectivity index (χ1n) is 7.32. The quantitative estimate of drug-likeness (QED) is 0.881. The number of aromatic nitrogens is 1. The Balaban J connectivity index is 2.22. The van der Waals surface area contributed by atoms with Crippen LogP contribution in [0.5, 0.6) is 0 Å². The lowest BCUT2D eigenvalue weighted by Gasteiger charge is -2.22. The molecule has 0 aliphatic carbocycles. The molecule has 4 heteroatoms. The van der Waals surface area contributed by atoms with Gasteiger partial charge in [0, 0.05) is 4.88 Å². The van der Waals surface area contributed by atoms with Gasteiger partial charge in [0.15, 0.2) is 5.13 Å². The molecule has 1 amide bonds. The number of amides is 1. The van der Waals surface area contributed by atoms with Crippen LogP contribution in [0, 0.1) is 19.8 Å². The van der Waals surface area contributed by atoms with Gasteiger partial charge in [-0.1, -0.05) is 50.6 Å². The number of nitrogens with zero attached hydrogens (tertiary/aromatic N) is 1. The Labute approximate surface area is 130 Å². The molecule has 112 valence electrons. The van der Waals surface area contributed by atoms with Crippen molar-refractivity contribution in [3.05, 3.63) is 46.5 Å². The third-order valence-electron chi connectivity index (χ3n) is 3.91. The number of carbonyl (C=O) groups excluding carboxylic acids is 1. The highest BCUT2D eigenvalue weighted by Crippen LogP contribution is 2.29. The summed E-state index contributed by atoms with van der Waals surface area (Å²) < 4.78 is 0. The van der Waals surface area contributed by atoms with E-state index < -0.39 is 0 Å². The number of hydrogen-bond donors (Lipinski definition) is 1. The molecule has 0 fully saturated rings. The molecule has 2 aromatic rings. The third-order valence-corrected chi connectivity index (χ3v) is 4.90. The lowest BCUT2D eigenvalue weighted by Crippen LogP contribution is -2.26. The minimum Gasteiger partial charge on any atom is -0.301 e. The molecule has 0 spiro atoms. The molecule has 21 heavy (non-hydrogen) atoms. The zero-order valence-corrected chi connectivity index (χ0v) is 13.8. The van der Waals surface area contributed by atoms with E-state index in [1.54, 1.807) is 0 Å². The molecule has 0 aliphatic rings. The molecule has 1 N–H and O–H groups in total. The molecule has 1 heterocycles. The van der Waals surface area contributed by atoms with Gasteiger partial charge in [-0.05, 0) is 25.3 Å². The fourth-order valence-electron chi connectivity index (χ4n) is 2.34. The molecule has 3 nitrogen and oxygen atoms in total. The summed E-state index contributed by atoms with van der Waals surface area (Å²) >= 11 is 1.53. The van der Waals surface area contributed by atoms with Crippen molar-refractivity contribution < 1.29 is 4.79 Å². The lowest BCUT2D eigenvalue weighted by atomic mass is 9.85. The zero-order chi connectivity index (χ0) is 15.4. The van der Waals surface area contributed by atoms with Crippen LogP contribution in [0.1, 0.15) is 42.3 Å². The van der Waals surface area contributed by atoms with Gasteiger partial charge < -0.3 is 5.32 Å². The van der Waals surface area contributed by atoms with Gasteiger partial charge in [-0.15, -0.1) is 11.3 Å². The van der Waals surface area contributed by atoms with E-state index in [0.717, 1.165) is 22.6 Å². The maximum absolute atomic E-state index is 12.7. The number of rotatable bonds is 5. The molecule has 0 radical (unpaired) electrons. The summed E-state index contributed by atoms with van der Waals surface area (Å²) in [7, 11) is 0. The molecule has 2 rings (SSSR count). The van der Waals surface area contributed by atoms with E-state index in [1.807, 2.05) is 44.2 Å². The van der Waals surface area contributed by atoms with Crippen LogP contribution < -0.4 is 5.32 Å². The average Bonchev–Trinajstić information content (AvgIpc) is 2.78. The number of carbonyl (C=O) groups is 1. The van der Waals surface area contributed by atoms with Gasteiger partial charge in [0.2, 0.25) is 5.91 Å². The fourth-order valence-corrected chi connectivity index (χ4v) is 3.16. The van der Waals surface area contributed by atoms with Crippen LogP contribution in [0.3, 0.4) is 0 Å². The van der Waals surface area contributed by atoms with Gasteiger partial charge >= 0.3 is 0 Å². The van der Waals surface area contributed by atoms with E-state index in [9.17, 15) is 4.79 Å². The van der Waals surface area contributed by atoms with Crippen LogP contribution in [0.2, 0.25) is 0 Å². The standard InChI is InChI=1S/C17H22N2OS/c1-5-11(2)15(14-9-7-6-8-10-14)16(20)19-17-18-12(3)13(4)21-17/h6-11,15H,5H2,1-4H3,(H,18,19,20). The van der Waals surface area contributed by atoms with E-state index in [4.69, 9.17) is 0 Å². The maximum Gasteiger partial charge on any atom is 0.233 e. The van der Waals surface area contributed by atoms with Gasteiger partial charge in [-0.25, -0.2) is 4.98 Å². The molecule has 1 aromatic heterocycles. The molecular formula is C17H22N2OS. The number of benzene rings is 1. The number of hydrogen-bond acceptors (Lipinski definition) is 3. The van der Waals surface area contributed by atoms with Crippen LogP contribution >= 0.6 is 11.3 Å². The van der Waals surface area contributed by atoms with Crippen LogP contribution in [0.25, 0.3) is 0 Å². The molecule has 0 saturated carbocycles. The summed E-state index contributed by atoms with van der Waals surface area (Å²) in [6.07, 6.45) is 0.961. The highest BCUT2D eigenvalue weighted by Gasteiger charge is 2.26. The summed E-state index contributed by atoms with van der Waals surface area (Å²) in [5, 5.41) is 3.68. The summed E-state index contributed by atoms with van der Waals surface area (Å²) in [5.41, 5.74) is 2.05. The Bertz CT molecular complexity index is 587. The average molecular weight is 302 g/mol. The second-order valence-electron chi connectivity index (χ2n) is 5.42. The van der Waals surface area contributed by atoms with Crippen LogP contribution in [0.4, 0.5) is 5.13 Å². The smallest absolute Gasteiger partial charge is 0.233 e. The lowest BCUT2D eigenvalue weighted by molar-refractivity contribution is -0.118. The van der Waals surface area contributed by atoms with Gasteiger partial charge in [0.05, 0.1) is 11.6 Å². The Hall–Kier alpha value is -1.68. The summed E-state index contributed by atoms with van der Waals surface area (Å²) in [4.78, 5) is 18.2. The van der Waals surface area contributed by atoms with Crippen LogP contribution in [-0.2, 0) is 4.79 Å². The van der Waals surface area contributed by atoms with E-state index in [1.165, 1.54) is 11.3 Å². The van der Waals surface area contributed by atoms with Crippen molar-refractivity contribution in [1.29, 1.82) is 0 Å². The van der Waals surface area contributed by atoms with Crippen molar-refractivity contribution in [3.63, 3.8) is 0 Å². The van der Waals surface area contributed by atoms with Gasteiger partial charge in [-0.3, -0.25) is 4.79 Å². The first-order valence-corrected chi connectivity index (χ1v) is 8.14. The van der Waals surface area contributed by atoms with Gasteiger partial charge in [0.1, 0.15) is 0 Å². The van der Waals surface area contributed by atoms with Crippen LogP contribution in [0.15, 0.2) is 30.3 Å². The van der Waals surface area contributed by atoms with E-state index in [-0.39, 0.29) is 17.7 Å². The predicted molar refractivity (Wildman–Crippen MR) is 88.9 cm³/mol. The highest BCUT2D eigenvalue weighted by molar-refractivity contribution is 7.15. The van der Waals surface area contributed by atoms with Crippen molar-refractivity contribution in [2.75, 3.05) is 5.32 Å². The van der Waals surface area contributed by atoms with Gasteiger partial charge in [-0.2, -0.15) is 0 Å². The SMILES string of the molecule is CCC(C)C(C(=O)Nc1nc(C)c(C)s1)c1ccccc1. The second-order valence-corrected chi connectivity index (χ2v) is 6.63. The number of anilines is 1. The molecule has 1 aromatic carbocycles. The van der Waals surface area contributed by atoms with Gasteiger partial charge in [0.25, 0.3) is 0 Å². The highest BCUT2D eigenvalue weighted by atomic mass is 32.1. The Morgan fingerprint density at radius 3 is 2.48 bits per heavy atom. The Morgan fingerprint density at radius 2 is 1.95 bits per heavy atom. The number of nitrogens with one attached hydrogen (secondary N) is 1. The molecule has 0 saturated heterocycles. The first kappa shape index (κ1) is 15.7. The van der Waals surface area contributed by atoms with Crippen molar-refractivity contribution in [1.82, 2.24) is 4.98 Å². The molecule has 2 atom stereocenters. The Kier molecular flexibility index (Phi) is 5.12. The monoisotopic (exact) mass is 302 g/mol. The maximum atomic E-state index is 12.7. The second kappa shape index (κ2) is 6.85. The van der Waals surface area contributed by atoms with Crippen molar-refractivity contribution >= 4 is 22.4 Å². The number of thiazole rings is 1. The molecule has 2 unspecified atom stereocenters. The normalized spacial score (nSPS) is 13.7. The molecule has 0 bridgehead atoms. The molecule has 0 aliphatic heterocycles. The van der Waals surface area contributed by atoms with Crippen LogP contribution in [-0.4, -0.2) is 10.9 Å². The van der Waals surface area contributed by atoms with E-state index >= 15 is 0 Å². The third kappa shape index (κ3) is 3.70. The minimum atomic E-state index is -0.138. The van der Waals surface area contributed by atoms with Crippen molar-refractivity contribution in [2.45, 2.75) is 40.0 Å². The topological polar surface area (TPSA) is 42.0 Å². The Morgan fingerprint density at radius 1 is 1.29 bits per heavy atom. The molecular weight excluding hydrogens is 280 g/mol. The summed E-state index contributed by atoms with van der Waals surface area (Å²) in [6.45, 7) is 8.22. The minimum absolute atomic E-state index is 0.0318. The largest absolute Gasteiger partial charge is 0.301 e. The van der Waals surface area contributed by atoms with Crippen molar-refractivity contribution in [2.24, 2.45) is 5.92 Å². The first-order chi connectivity index (χ1) is 10.0. The summed E-state index contributed by atoms with van der Waals surface area (Å²) in [6, 6.07) is 9.98.